The number of rotatable bonds is 5. The van der Waals surface area contributed by atoms with Crippen LogP contribution in [0.5, 0.6) is 0 Å². The highest BCUT2D eigenvalue weighted by atomic mass is 16.2. The maximum atomic E-state index is 13.8. The van der Waals surface area contributed by atoms with Crippen molar-refractivity contribution in [3.8, 4) is 0 Å². The lowest BCUT2D eigenvalue weighted by atomic mass is 9.80. The molecule has 4 aromatic rings. The molecule has 3 aromatic carbocycles. The Hall–Kier alpha value is -4.12. The van der Waals surface area contributed by atoms with E-state index in [1.807, 2.05) is 77.7 Å². The number of benzene rings is 3. The fraction of sp³-hybridized carbons (Fsp3) is 0.250. The van der Waals surface area contributed by atoms with Crippen molar-refractivity contribution in [2.24, 2.45) is 11.8 Å². The van der Waals surface area contributed by atoms with Crippen LogP contribution in [0.25, 0.3) is 10.9 Å². The maximum Gasteiger partial charge on any atom is 0.227 e. The van der Waals surface area contributed by atoms with E-state index in [9.17, 15) is 9.59 Å². The molecule has 0 saturated heterocycles. The molecule has 0 bridgehead atoms. The summed E-state index contributed by atoms with van der Waals surface area (Å²) >= 11 is 0. The second-order valence-corrected chi connectivity index (χ2v) is 10.1. The Kier molecular flexibility index (Phi) is 6.35. The summed E-state index contributed by atoms with van der Waals surface area (Å²) < 4.78 is 0. The zero-order valence-electron chi connectivity index (χ0n) is 20.8. The fourth-order valence-corrected chi connectivity index (χ4v) is 5.89. The van der Waals surface area contributed by atoms with Crippen molar-refractivity contribution in [2.45, 2.75) is 31.8 Å². The molecule has 186 valence electrons. The van der Waals surface area contributed by atoms with Crippen molar-refractivity contribution in [1.29, 1.82) is 0 Å². The van der Waals surface area contributed by atoms with Crippen molar-refractivity contribution in [1.82, 2.24) is 15.2 Å². The van der Waals surface area contributed by atoms with Gasteiger partial charge in [0.25, 0.3) is 0 Å². The maximum absolute atomic E-state index is 13.8. The average molecular weight is 490 g/mol. The van der Waals surface area contributed by atoms with Gasteiger partial charge >= 0.3 is 0 Å². The van der Waals surface area contributed by atoms with E-state index in [4.69, 9.17) is 0 Å². The van der Waals surface area contributed by atoms with Gasteiger partial charge in [-0.3, -0.25) is 9.59 Å². The summed E-state index contributed by atoms with van der Waals surface area (Å²) in [6.45, 7) is 1.24. The summed E-state index contributed by atoms with van der Waals surface area (Å²) in [5.41, 5.74) is 5.59. The van der Waals surface area contributed by atoms with Crippen LogP contribution in [0.1, 0.15) is 41.3 Å². The first-order valence-electron chi connectivity index (χ1n) is 13.1. The number of para-hydroxylation sites is 1. The summed E-state index contributed by atoms with van der Waals surface area (Å²) in [6.07, 6.45) is 6.09. The number of carbonyl (C=O) groups is 2. The molecule has 0 spiro atoms. The molecule has 0 saturated carbocycles. The third kappa shape index (κ3) is 4.57. The predicted molar refractivity (Wildman–Crippen MR) is 146 cm³/mol. The minimum atomic E-state index is -0.392. The third-order valence-electron chi connectivity index (χ3n) is 7.83. The van der Waals surface area contributed by atoms with E-state index in [1.54, 1.807) is 0 Å². The molecule has 5 nitrogen and oxygen atoms in total. The number of carbonyl (C=O) groups excluding carboxylic acids is 2. The second-order valence-electron chi connectivity index (χ2n) is 10.1. The van der Waals surface area contributed by atoms with Gasteiger partial charge in [-0.1, -0.05) is 91.0 Å². The molecule has 0 fully saturated rings. The fourth-order valence-electron chi connectivity index (χ4n) is 5.89. The van der Waals surface area contributed by atoms with Gasteiger partial charge in [-0.2, -0.15) is 0 Å². The van der Waals surface area contributed by atoms with Gasteiger partial charge < -0.3 is 15.2 Å². The quantitative estimate of drug-likeness (QED) is 0.362. The number of aromatic nitrogens is 1. The molecular formula is C32H31N3O2. The number of nitrogens with one attached hydrogen (secondary N) is 2. The Morgan fingerprint density at radius 1 is 0.811 bits per heavy atom. The lowest BCUT2D eigenvalue weighted by molar-refractivity contribution is -0.143. The number of fused-ring (bicyclic) bond motifs is 3. The van der Waals surface area contributed by atoms with Gasteiger partial charge in [0.15, 0.2) is 0 Å². The van der Waals surface area contributed by atoms with Gasteiger partial charge in [-0.05, 0) is 42.0 Å². The summed E-state index contributed by atoms with van der Waals surface area (Å²) in [5, 5.41) is 4.54. The molecule has 2 unspecified atom stereocenters. The van der Waals surface area contributed by atoms with E-state index < -0.39 is 5.92 Å². The van der Waals surface area contributed by atoms with E-state index in [1.165, 1.54) is 10.9 Å². The number of nitrogens with zero attached hydrogens (tertiary/aromatic N) is 1. The first kappa shape index (κ1) is 23.3. The molecular weight excluding hydrogens is 458 g/mol. The van der Waals surface area contributed by atoms with Gasteiger partial charge in [0.2, 0.25) is 11.8 Å². The van der Waals surface area contributed by atoms with Crippen molar-refractivity contribution >= 4 is 22.7 Å². The normalized spacial score (nSPS) is 19.1. The predicted octanol–water partition coefficient (Wildman–Crippen LogP) is 5.54. The second kappa shape index (κ2) is 10.1. The van der Waals surface area contributed by atoms with Crippen molar-refractivity contribution < 1.29 is 9.59 Å². The first-order valence-corrected chi connectivity index (χ1v) is 13.1. The minimum Gasteiger partial charge on any atom is -0.357 e. The molecule has 1 aliphatic heterocycles. The number of H-pyrrole nitrogens is 1. The average Bonchev–Trinajstić information content (AvgIpc) is 3.34. The minimum absolute atomic E-state index is 0.0660. The van der Waals surface area contributed by atoms with Crippen LogP contribution in [-0.4, -0.2) is 28.2 Å². The molecule has 1 aliphatic carbocycles. The summed E-state index contributed by atoms with van der Waals surface area (Å²) in [4.78, 5) is 33.0. The largest absolute Gasteiger partial charge is 0.357 e. The highest BCUT2D eigenvalue weighted by molar-refractivity contribution is 5.90. The third-order valence-corrected chi connectivity index (χ3v) is 7.83. The lowest BCUT2D eigenvalue weighted by Crippen LogP contribution is -2.46. The van der Waals surface area contributed by atoms with Gasteiger partial charge in [-0.25, -0.2) is 0 Å². The molecule has 2 N–H and O–H groups in total. The van der Waals surface area contributed by atoms with E-state index in [-0.39, 0.29) is 23.8 Å². The topological polar surface area (TPSA) is 65.2 Å². The molecule has 37 heavy (non-hydrogen) atoms. The Labute approximate surface area is 217 Å². The number of allylic oxidation sites excluding steroid dienone is 2. The van der Waals surface area contributed by atoms with Gasteiger partial charge in [0.05, 0.1) is 24.4 Å². The van der Waals surface area contributed by atoms with Gasteiger partial charge in [-0.15, -0.1) is 0 Å². The monoisotopic (exact) mass is 489 g/mol. The number of hydrogen-bond acceptors (Lipinski definition) is 2. The van der Waals surface area contributed by atoms with Crippen LogP contribution in [0.4, 0.5) is 0 Å². The smallest absolute Gasteiger partial charge is 0.227 e. The van der Waals surface area contributed by atoms with Crippen LogP contribution < -0.4 is 5.32 Å². The Balaban J connectivity index is 1.22. The molecule has 5 heteroatoms. The molecule has 2 aliphatic rings. The van der Waals surface area contributed by atoms with Crippen molar-refractivity contribution in [3.63, 3.8) is 0 Å². The van der Waals surface area contributed by atoms with Gasteiger partial charge in [0, 0.05) is 23.1 Å². The zero-order valence-corrected chi connectivity index (χ0v) is 20.8. The molecule has 1 aromatic heterocycles. The van der Waals surface area contributed by atoms with Crippen molar-refractivity contribution in [3.05, 3.63) is 119 Å². The standard InChI is InChI=1S/C32H31N3O2/c36-31(34-30(22-11-3-1-4-12-22)23-13-5-2-6-14-23)26-16-7-8-17-27(26)32(37)35-20-19-25-24-15-9-10-18-28(24)33-29(25)21-35/h1-15,18,26-27,30,33H,16-17,19-21H2,(H,34,36). The molecule has 0 radical (unpaired) electrons. The molecule has 2 heterocycles. The van der Waals surface area contributed by atoms with Crippen LogP contribution in [0.3, 0.4) is 0 Å². The first-order chi connectivity index (χ1) is 18.2. The molecule has 6 rings (SSSR count). The van der Waals surface area contributed by atoms with Gasteiger partial charge in [0.1, 0.15) is 0 Å². The highest BCUT2D eigenvalue weighted by Crippen LogP contribution is 2.33. The van der Waals surface area contributed by atoms with E-state index >= 15 is 0 Å². The zero-order chi connectivity index (χ0) is 25.2. The van der Waals surface area contributed by atoms with Crippen LogP contribution in [0.2, 0.25) is 0 Å². The Bertz CT molecular complexity index is 1400. The van der Waals surface area contributed by atoms with Crippen molar-refractivity contribution in [2.75, 3.05) is 6.54 Å². The van der Waals surface area contributed by atoms with E-state index in [0.29, 0.717) is 25.9 Å². The lowest BCUT2D eigenvalue weighted by Gasteiger charge is -2.35. The van der Waals surface area contributed by atoms with Crippen LogP contribution >= 0.6 is 0 Å². The van der Waals surface area contributed by atoms with Crippen LogP contribution in [-0.2, 0) is 22.6 Å². The Morgan fingerprint density at radius 2 is 1.43 bits per heavy atom. The molecule has 2 atom stereocenters. The SMILES string of the molecule is O=C(NC(c1ccccc1)c1ccccc1)C1CC=CCC1C(=O)N1CCc2c([nH]c3ccccc23)C1. The number of amides is 2. The number of aromatic amines is 1. The summed E-state index contributed by atoms with van der Waals surface area (Å²) in [5.74, 6) is -0.742. The number of hydrogen-bond donors (Lipinski definition) is 2. The van der Waals surface area contributed by atoms with Crippen LogP contribution in [0.15, 0.2) is 97.1 Å². The Morgan fingerprint density at radius 3 is 2.14 bits per heavy atom. The summed E-state index contributed by atoms with van der Waals surface area (Å²) in [7, 11) is 0. The highest BCUT2D eigenvalue weighted by Gasteiger charge is 2.38. The van der Waals surface area contributed by atoms with E-state index in [0.717, 1.165) is 28.8 Å². The summed E-state index contributed by atoms with van der Waals surface area (Å²) in [6, 6.07) is 28.1. The van der Waals surface area contributed by atoms with Crippen LogP contribution in [0, 0.1) is 11.8 Å². The van der Waals surface area contributed by atoms with E-state index in [2.05, 4.69) is 34.6 Å². The molecule has 2 amide bonds.